The van der Waals surface area contributed by atoms with E-state index in [9.17, 15) is 4.79 Å². The molecular formula is C5H4BrNOS2. The molecule has 0 saturated carbocycles. The molecule has 0 aliphatic rings. The average molecular weight is 238 g/mol. The second-order valence-electron chi connectivity index (χ2n) is 1.53. The van der Waals surface area contributed by atoms with Crippen molar-refractivity contribution in [3.05, 3.63) is 15.9 Å². The Morgan fingerprint density at radius 3 is 2.80 bits per heavy atom. The number of nitrogens with one attached hydrogen (secondary N) is 1. The van der Waals surface area contributed by atoms with Gasteiger partial charge in [-0.15, -0.1) is 11.3 Å². The van der Waals surface area contributed by atoms with Crippen molar-refractivity contribution < 1.29 is 4.79 Å². The smallest absolute Gasteiger partial charge is 0.280 e. The summed E-state index contributed by atoms with van der Waals surface area (Å²) in [6.45, 7) is 0. The van der Waals surface area contributed by atoms with Crippen LogP contribution < -0.4 is 5.32 Å². The third-order valence-corrected chi connectivity index (χ3v) is 2.45. The fraction of sp³-hybridized carbons (Fsp3) is 0. The van der Waals surface area contributed by atoms with Crippen LogP contribution in [0, 0.1) is 0 Å². The summed E-state index contributed by atoms with van der Waals surface area (Å²) in [7, 11) is 0. The van der Waals surface area contributed by atoms with E-state index in [1.807, 2.05) is 12.1 Å². The molecule has 1 aromatic heterocycles. The van der Waals surface area contributed by atoms with Crippen LogP contribution in [-0.4, -0.2) is 5.24 Å². The zero-order valence-electron chi connectivity index (χ0n) is 4.80. The molecule has 0 aliphatic carbocycles. The van der Waals surface area contributed by atoms with Gasteiger partial charge in [0, 0.05) is 0 Å². The van der Waals surface area contributed by atoms with Crippen molar-refractivity contribution in [2.45, 2.75) is 0 Å². The highest BCUT2D eigenvalue weighted by Gasteiger charge is 1.97. The molecule has 10 heavy (non-hydrogen) atoms. The number of anilines is 1. The second-order valence-corrected chi connectivity index (χ2v) is 4.40. The molecule has 0 fully saturated rings. The molecule has 0 saturated heterocycles. The molecule has 0 radical (unpaired) electrons. The minimum Gasteiger partial charge on any atom is -0.309 e. The predicted molar refractivity (Wildman–Crippen MR) is 50.0 cm³/mol. The number of rotatable bonds is 1. The Balaban J connectivity index is 2.67. The molecule has 0 spiro atoms. The molecule has 0 aliphatic heterocycles. The van der Waals surface area contributed by atoms with Gasteiger partial charge in [-0.25, -0.2) is 0 Å². The molecule has 5 heteroatoms. The van der Waals surface area contributed by atoms with Gasteiger partial charge in [-0.2, -0.15) is 0 Å². The number of hydrogen-bond acceptors (Lipinski definition) is 2. The molecule has 0 atom stereocenters. The van der Waals surface area contributed by atoms with Crippen molar-refractivity contribution in [3.63, 3.8) is 0 Å². The largest absolute Gasteiger partial charge is 0.309 e. The van der Waals surface area contributed by atoms with Crippen molar-refractivity contribution in [1.82, 2.24) is 0 Å². The topological polar surface area (TPSA) is 29.1 Å². The Bertz CT molecular complexity index is 248. The number of thiophene rings is 1. The van der Waals surface area contributed by atoms with Gasteiger partial charge in [-0.1, -0.05) is 12.6 Å². The third kappa shape index (κ3) is 2.32. The van der Waals surface area contributed by atoms with E-state index in [0.717, 1.165) is 8.79 Å². The first-order chi connectivity index (χ1) is 4.68. The van der Waals surface area contributed by atoms with Gasteiger partial charge in [0.2, 0.25) is 0 Å². The van der Waals surface area contributed by atoms with Gasteiger partial charge in [-0.3, -0.25) is 4.79 Å². The number of halogens is 1. The molecule has 0 bridgehead atoms. The fourth-order valence-electron chi connectivity index (χ4n) is 0.487. The van der Waals surface area contributed by atoms with Crippen LogP contribution in [0.5, 0.6) is 0 Å². The highest BCUT2D eigenvalue weighted by atomic mass is 79.9. The molecule has 1 amide bonds. The monoisotopic (exact) mass is 237 g/mol. The quantitative estimate of drug-likeness (QED) is 0.723. The van der Waals surface area contributed by atoms with E-state index in [0.29, 0.717) is 0 Å². The normalized spacial score (nSPS) is 9.40. The molecule has 54 valence electrons. The highest BCUT2D eigenvalue weighted by molar-refractivity contribution is 9.11. The number of hydrogen-bond donors (Lipinski definition) is 2. The number of thiol groups is 1. The number of amides is 1. The lowest BCUT2D eigenvalue weighted by molar-refractivity contribution is 0.270. The highest BCUT2D eigenvalue weighted by Crippen LogP contribution is 2.26. The van der Waals surface area contributed by atoms with E-state index in [-0.39, 0.29) is 5.24 Å². The Morgan fingerprint density at radius 2 is 2.40 bits per heavy atom. The van der Waals surface area contributed by atoms with E-state index in [2.05, 4.69) is 33.9 Å². The second kappa shape index (κ2) is 3.41. The molecule has 0 aromatic carbocycles. The molecule has 1 rings (SSSR count). The average Bonchev–Trinajstić information content (AvgIpc) is 2.13. The zero-order valence-corrected chi connectivity index (χ0v) is 8.09. The van der Waals surface area contributed by atoms with Crippen LogP contribution in [0.1, 0.15) is 0 Å². The molecule has 1 N–H and O–H groups in total. The standard InChI is InChI=1S/C5H4BrNOS2/c6-3-1-2-4(10-3)7-5(8)9/h1-2H,(H2,7,8,9). The molecule has 1 heterocycles. The van der Waals surface area contributed by atoms with Gasteiger partial charge in [-0.05, 0) is 28.1 Å². The minimum atomic E-state index is -0.339. The van der Waals surface area contributed by atoms with E-state index in [4.69, 9.17) is 0 Å². The van der Waals surface area contributed by atoms with Gasteiger partial charge in [0.25, 0.3) is 5.24 Å². The van der Waals surface area contributed by atoms with Crippen molar-refractivity contribution >= 4 is 50.1 Å². The molecule has 0 unspecified atom stereocenters. The maximum Gasteiger partial charge on any atom is 0.280 e. The summed E-state index contributed by atoms with van der Waals surface area (Å²) in [4.78, 5) is 10.4. The van der Waals surface area contributed by atoms with Gasteiger partial charge < -0.3 is 5.32 Å². The van der Waals surface area contributed by atoms with Crippen molar-refractivity contribution in [3.8, 4) is 0 Å². The lowest BCUT2D eigenvalue weighted by Gasteiger charge is -1.91. The van der Waals surface area contributed by atoms with Gasteiger partial charge in [0.05, 0.1) is 8.79 Å². The van der Waals surface area contributed by atoms with Crippen LogP contribution in [0.2, 0.25) is 0 Å². The maximum atomic E-state index is 10.4. The summed E-state index contributed by atoms with van der Waals surface area (Å²) < 4.78 is 0.990. The van der Waals surface area contributed by atoms with E-state index in [1.165, 1.54) is 11.3 Å². The lowest BCUT2D eigenvalue weighted by atomic mass is 10.6. The van der Waals surface area contributed by atoms with Gasteiger partial charge in [0.15, 0.2) is 0 Å². The predicted octanol–water partition coefficient (Wildman–Crippen LogP) is 2.97. The van der Waals surface area contributed by atoms with Crippen molar-refractivity contribution in [2.24, 2.45) is 0 Å². The van der Waals surface area contributed by atoms with Gasteiger partial charge in [0.1, 0.15) is 0 Å². The fourth-order valence-corrected chi connectivity index (χ4v) is 1.96. The Morgan fingerprint density at radius 1 is 1.70 bits per heavy atom. The first kappa shape index (κ1) is 8.10. The summed E-state index contributed by atoms with van der Waals surface area (Å²) in [5.41, 5.74) is 0. The van der Waals surface area contributed by atoms with Crippen LogP contribution in [0.15, 0.2) is 15.9 Å². The Labute approximate surface area is 76.2 Å². The maximum absolute atomic E-state index is 10.4. The first-order valence-electron chi connectivity index (χ1n) is 2.44. The summed E-state index contributed by atoms with van der Waals surface area (Å²) in [6.07, 6.45) is 0. The molecular weight excluding hydrogens is 234 g/mol. The van der Waals surface area contributed by atoms with Crippen LogP contribution in [0.25, 0.3) is 0 Å². The Kier molecular flexibility index (Phi) is 2.76. The van der Waals surface area contributed by atoms with Crippen LogP contribution in [0.3, 0.4) is 0 Å². The molecule has 2 nitrogen and oxygen atoms in total. The van der Waals surface area contributed by atoms with Gasteiger partial charge >= 0.3 is 0 Å². The molecule has 1 aromatic rings. The van der Waals surface area contributed by atoms with Crippen LogP contribution in [0.4, 0.5) is 9.80 Å². The lowest BCUT2D eigenvalue weighted by Crippen LogP contribution is -1.97. The van der Waals surface area contributed by atoms with E-state index in [1.54, 1.807) is 0 Å². The first-order valence-corrected chi connectivity index (χ1v) is 4.49. The number of carbonyl (C=O) groups excluding carboxylic acids is 1. The van der Waals surface area contributed by atoms with Crippen molar-refractivity contribution in [1.29, 1.82) is 0 Å². The summed E-state index contributed by atoms with van der Waals surface area (Å²) in [5.74, 6) is 0. The Hall–Kier alpha value is -0.0000000000000000833. The third-order valence-electron chi connectivity index (χ3n) is 0.803. The summed E-state index contributed by atoms with van der Waals surface area (Å²) in [5, 5.41) is 3.00. The number of carbonyl (C=O) groups is 1. The van der Waals surface area contributed by atoms with E-state index < -0.39 is 0 Å². The summed E-state index contributed by atoms with van der Waals surface area (Å²) >= 11 is 8.28. The van der Waals surface area contributed by atoms with Crippen LogP contribution in [-0.2, 0) is 0 Å². The van der Waals surface area contributed by atoms with Crippen molar-refractivity contribution in [2.75, 3.05) is 5.32 Å². The zero-order chi connectivity index (χ0) is 7.56. The van der Waals surface area contributed by atoms with E-state index >= 15 is 0 Å². The SMILES string of the molecule is O=C(S)Nc1ccc(Br)s1. The minimum absolute atomic E-state index is 0.339. The van der Waals surface area contributed by atoms with Crippen LogP contribution >= 0.6 is 39.9 Å². The summed E-state index contributed by atoms with van der Waals surface area (Å²) in [6, 6.07) is 3.67.